The summed E-state index contributed by atoms with van der Waals surface area (Å²) in [6, 6.07) is 49.9. The van der Waals surface area contributed by atoms with Gasteiger partial charge in [-0.2, -0.15) is 0 Å². The van der Waals surface area contributed by atoms with Crippen LogP contribution in [0.3, 0.4) is 0 Å². The van der Waals surface area contributed by atoms with Gasteiger partial charge < -0.3 is 0 Å². The fraction of sp³-hybridized carbons (Fsp3) is 0. The van der Waals surface area contributed by atoms with Gasteiger partial charge in [0.2, 0.25) is 0 Å². The average Bonchev–Trinajstić information content (AvgIpc) is 2.99. The Morgan fingerprint density at radius 2 is 0.667 bits per heavy atom. The quantitative estimate of drug-likeness (QED) is 0.261. The molecule has 2 heteroatoms. The molecule has 6 aromatic rings. The van der Waals surface area contributed by atoms with Crippen molar-refractivity contribution in [2.45, 2.75) is 0 Å². The Labute approximate surface area is 212 Å². The van der Waals surface area contributed by atoms with Crippen LogP contribution in [-0.2, 0) is 0 Å². The van der Waals surface area contributed by atoms with Crippen LogP contribution in [0.4, 0.5) is 0 Å². The van der Waals surface area contributed by atoms with Crippen LogP contribution >= 0.6 is 0 Å². The van der Waals surface area contributed by atoms with Crippen LogP contribution in [0.2, 0.25) is 0 Å². The van der Waals surface area contributed by atoms with Gasteiger partial charge in [0, 0.05) is 34.6 Å². The smallest absolute Gasteiger partial charge is 0.0788 e. The molecule has 0 amide bonds. The Morgan fingerprint density at radius 1 is 0.333 bits per heavy atom. The molecule has 2 aromatic heterocycles. The first-order chi connectivity index (χ1) is 17.9. The number of benzene rings is 4. The van der Waals surface area contributed by atoms with Crippen LogP contribution in [0.1, 0.15) is 0 Å². The predicted octanol–water partition coefficient (Wildman–Crippen LogP) is 8.83. The Balaban J connectivity index is 0.000000391. The van der Waals surface area contributed by atoms with E-state index in [2.05, 4.69) is 120 Å². The molecule has 0 atom stereocenters. The summed E-state index contributed by atoms with van der Waals surface area (Å²) in [5.74, 6) is 0. The average molecular weight is 463 g/mol. The van der Waals surface area contributed by atoms with E-state index in [0.29, 0.717) is 0 Å². The molecule has 2 nitrogen and oxygen atoms in total. The van der Waals surface area contributed by atoms with E-state index in [1.54, 1.807) is 12.4 Å². The number of hydrogen-bond donors (Lipinski definition) is 0. The maximum absolute atomic E-state index is 5.27. The van der Waals surface area contributed by atoms with E-state index in [0.717, 1.165) is 33.6 Å². The number of nitrogens with zero attached hydrogens (tertiary/aromatic N) is 2. The monoisotopic (exact) mass is 462 g/mol. The van der Waals surface area contributed by atoms with Gasteiger partial charge in [0.1, 0.15) is 0 Å². The van der Waals surface area contributed by atoms with Gasteiger partial charge >= 0.3 is 0 Å². The lowest BCUT2D eigenvalue weighted by Gasteiger charge is -2.17. The fourth-order valence-electron chi connectivity index (χ4n) is 4.13. The standard InChI is InChI=1S/C29H21N.C5H5N/c1-5-13-22(14-6-1)26-21-27(23-15-7-2-8-16-23)29(25-19-11-4-12-20-25)30-28(26)24-17-9-3-10-18-24;1-2-4-6-5-3-1/h1-21H;1-5H. The highest BCUT2D eigenvalue weighted by Gasteiger charge is 2.17. The van der Waals surface area contributed by atoms with Gasteiger partial charge in [0.25, 0.3) is 0 Å². The fourth-order valence-corrected chi connectivity index (χ4v) is 4.13. The van der Waals surface area contributed by atoms with Crippen molar-refractivity contribution in [2.75, 3.05) is 0 Å². The summed E-state index contributed by atoms with van der Waals surface area (Å²) in [7, 11) is 0. The largest absolute Gasteiger partial charge is 0.265 e. The highest BCUT2D eigenvalue weighted by atomic mass is 14.7. The minimum absolute atomic E-state index is 1.00. The van der Waals surface area contributed by atoms with Crippen LogP contribution < -0.4 is 0 Å². The van der Waals surface area contributed by atoms with E-state index in [-0.39, 0.29) is 0 Å². The Bertz CT molecular complexity index is 1260. The lowest BCUT2D eigenvalue weighted by Crippen LogP contribution is -1.96. The lowest BCUT2D eigenvalue weighted by atomic mass is 9.92. The molecule has 0 spiro atoms. The van der Waals surface area contributed by atoms with Gasteiger partial charge in [0.05, 0.1) is 11.4 Å². The van der Waals surface area contributed by atoms with Crippen LogP contribution in [-0.4, -0.2) is 9.97 Å². The van der Waals surface area contributed by atoms with Crippen LogP contribution in [0, 0.1) is 0 Å². The Kier molecular flexibility index (Phi) is 7.36. The molecule has 0 unspecified atom stereocenters. The van der Waals surface area contributed by atoms with Crippen molar-refractivity contribution in [3.05, 3.63) is 158 Å². The molecule has 2 heterocycles. The number of aromatic nitrogens is 2. The second kappa shape index (κ2) is 11.5. The normalized spacial score (nSPS) is 10.2. The molecule has 172 valence electrons. The summed E-state index contributed by atoms with van der Waals surface area (Å²) in [5.41, 5.74) is 8.85. The van der Waals surface area contributed by atoms with E-state index in [9.17, 15) is 0 Å². The molecule has 0 aliphatic carbocycles. The van der Waals surface area contributed by atoms with E-state index < -0.39 is 0 Å². The summed E-state index contributed by atoms with van der Waals surface area (Å²) in [6.07, 6.45) is 3.50. The number of rotatable bonds is 4. The van der Waals surface area contributed by atoms with Crippen molar-refractivity contribution < 1.29 is 0 Å². The third kappa shape index (κ3) is 5.45. The Hall–Kier alpha value is -4.82. The van der Waals surface area contributed by atoms with Crippen molar-refractivity contribution in [1.82, 2.24) is 9.97 Å². The minimum atomic E-state index is 1.00. The Morgan fingerprint density at radius 3 is 0.972 bits per heavy atom. The van der Waals surface area contributed by atoms with E-state index in [4.69, 9.17) is 4.98 Å². The molecule has 4 aromatic carbocycles. The third-order valence-electron chi connectivity index (χ3n) is 5.85. The first-order valence-corrected chi connectivity index (χ1v) is 12.0. The van der Waals surface area contributed by atoms with Gasteiger partial charge in [-0.1, -0.05) is 127 Å². The zero-order valence-corrected chi connectivity index (χ0v) is 19.9. The van der Waals surface area contributed by atoms with Crippen molar-refractivity contribution in [1.29, 1.82) is 0 Å². The molecule has 0 radical (unpaired) electrons. The van der Waals surface area contributed by atoms with Gasteiger partial charge in [0.15, 0.2) is 0 Å². The zero-order chi connectivity index (χ0) is 24.4. The van der Waals surface area contributed by atoms with E-state index >= 15 is 0 Å². The maximum atomic E-state index is 5.27. The van der Waals surface area contributed by atoms with Crippen LogP contribution in [0.5, 0.6) is 0 Å². The first kappa shape index (κ1) is 22.9. The molecule has 0 saturated carbocycles. The summed E-state index contributed by atoms with van der Waals surface area (Å²) >= 11 is 0. The molecular weight excluding hydrogens is 436 g/mol. The molecule has 6 rings (SSSR count). The van der Waals surface area contributed by atoms with Crippen molar-refractivity contribution in [2.24, 2.45) is 0 Å². The minimum Gasteiger partial charge on any atom is -0.265 e. The molecule has 36 heavy (non-hydrogen) atoms. The molecular formula is C34H26N2. The topological polar surface area (TPSA) is 25.8 Å². The first-order valence-electron chi connectivity index (χ1n) is 12.0. The summed E-state index contributed by atoms with van der Waals surface area (Å²) in [4.78, 5) is 9.05. The van der Waals surface area contributed by atoms with E-state index in [1.807, 2.05) is 30.3 Å². The van der Waals surface area contributed by atoms with Gasteiger partial charge in [-0.15, -0.1) is 0 Å². The highest BCUT2D eigenvalue weighted by molar-refractivity contribution is 5.90. The number of pyridine rings is 2. The summed E-state index contributed by atoms with van der Waals surface area (Å²) in [6.45, 7) is 0. The van der Waals surface area contributed by atoms with Crippen molar-refractivity contribution >= 4 is 0 Å². The molecule has 0 fully saturated rings. The van der Waals surface area contributed by atoms with Gasteiger partial charge in [-0.25, -0.2) is 4.98 Å². The molecule has 0 saturated heterocycles. The molecule has 0 bridgehead atoms. The van der Waals surface area contributed by atoms with Crippen molar-refractivity contribution in [3.8, 4) is 44.8 Å². The van der Waals surface area contributed by atoms with Crippen molar-refractivity contribution in [3.63, 3.8) is 0 Å². The summed E-state index contributed by atoms with van der Waals surface area (Å²) in [5, 5.41) is 0. The van der Waals surface area contributed by atoms with Crippen LogP contribution in [0.25, 0.3) is 44.8 Å². The van der Waals surface area contributed by atoms with Gasteiger partial charge in [-0.3, -0.25) is 4.98 Å². The second-order valence-electron chi connectivity index (χ2n) is 8.27. The molecule has 0 N–H and O–H groups in total. The second-order valence-corrected chi connectivity index (χ2v) is 8.27. The highest BCUT2D eigenvalue weighted by Crippen LogP contribution is 2.39. The zero-order valence-electron chi connectivity index (χ0n) is 19.9. The lowest BCUT2D eigenvalue weighted by molar-refractivity contribution is 1.32. The van der Waals surface area contributed by atoms with Gasteiger partial charge in [-0.05, 0) is 29.3 Å². The van der Waals surface area contributed by atoms with E-state index in [1.165, 1.54) is 11.1 Å². The summed E-state index contributed by atoms with van der Waals surface area (Å²) < 4.78 is 0. The third-order valence-corrected chi connectivity index (χ3v) is 5.85. The maximum Gasteiger partial charge on any atom is 0.0788 e. The SMILES string of the molecule is c1ccc(-c2cc(-c3ccccc3)c(-c3ccccc3)nc2-c2ccccc2)cc1.c1ccncc1. The molecule has 0 aliphatic heterocycles. The van der Waals surface area contributed by atoms with Crippen LogP contribution in [0.15, 0.2) is 158 Å². The number of hydrogen-bond acceptors (Lipinski definition) is 2. The predicted molar refractivity (Wildman–Crippen MR) is 150 cm³/mol. The molecule has 0 aliphatic rings.